The number of anilines is 1. The van der Waals surface area contributed by atoms with Gasteiger partial charge in [-0.1, -0.05) is 98.2 Å². The fourth-order valence-electron chi connectivity index (χ4n) is 6.53. The molecule has 0 unspecified atom stereocenters. The van der Waals surface area contributed by atoms with Gasteiger partial charge in [0, 0.05) is 46.8 Å². The largest absolute Gasteiger partial charge is 0.456 e. The van der Waals surface area contributed by atoms with Crippen molar-refractivity contribution in [1.29, 1.82) is 0 Å². The van der Waals surface area contributed by atoms with Gasteiger partial charge in [-0.05, 0) is 73.6 Å². The van der Waals surface area contributed by atoms with Crippen LogP contribution >= 0.6 is 0 Å². The summed E-state index contributed by atoms with van der Waals surface area (Å²) in [5.74, 6) is 2.13. The van der Waals surface area contributed by atoms with Crippen molar-refractivity contribution >= 4 is 28.2 Å². The summed E-state index contributed by atoms with van der Waals surface area (Å²) in [7, 11) is -3.11. The predicted molar refractivity (Wildman–Crippen MR) is 206 cm³/mol. The number of para-hydroxylation sites is 1. The van der Waals surface area contributed by atoms with E-state index < -0.39 is 10.6 Å². The number of carbonyl (C=O) groups is 1. The Kier molecular flexibility index (Phi) is 13.9. The first kappa shape index (κ1) is 40.4. The molecule has 0 spiro atoms. The lowest BCUT2D eigenvalue weighted by Gasteiger charge is -2.27. The van der Waals surface area contributed by atoms with Crippen LogP contribution in [0.1, 0.15) is 112 Å². The maximum absolute atomic E-state index is 12.4. The molecule has 8 heteroatoms. The SMILES string of the molecule is CC[N+](CC)=c1ccc2c(C(C)(C)C)cc(/C=C/C=C/C=C3/N(CCCCCC(=O)C(C)(C)C)c4ccccc4C3(C)C)oc-2c1.O=S(=O)=O. The number of benzene rings is 2. The molecule has 0 amide bonds. The van der Waals surface area contributed by atoms with Gasteiger partial charge in [0.1, 0.15) is 30.4 Å². The molecule has 50 heavy (non-hydrogen) atoms. The molecule has 2 heterocycles. The Bertz CT molecular complexity index is 1870. The lowest BCUT2D eigenvalue weighted by molar-refractivity contribution is -0.126. The maximum Gasteiger partial charge on any atom is 0.425 e. The summed E-state index contributed by atoms with van der Waals surface area (Å²) in [5, 5.41) is 1.19. The average molecular weight is 702 g/mol. The average Bonchev–Trinajstić information content (AvgIpc) is 3.24. The minimum absolute atomic E-state index is 0.0107. The molecule has 1 aromatic carbocycles. The van der Waals surface area contributed by atoms with Gasteiger partial charge in [-0.3, -0.25) is 4.79 Å². The van der Waals surface area contributed by atoms with Crippen molar-refractivity contribution in [3.63, 3.8) is 0 Å². The molecule has 0 radical (unpaired) electrons. The highest BCUT2D eigenvalue weighted by Gasteiger charge is 2.39. The van der Waals surface area contributed by atoms with Crippen LogP contribution < -0.4 is 14.8 Å². The number of carbonyl (C=O) groups excluding carboxylic acids is 1. The maximum atomic E-state index is 12.4. The van der Waals surface area contributed by atoms with Crippen molar-refractivity contribution in [1.82, 2.24) is 4.58 Å². The van der Waals surface area contributed by atoms with Crippen LogP contribution in [0.25, 0.3) is 17.4 Å². The number of hydrogen-bond donors (Lipinski definition) is 0. The van der Waals surface area contributed by atoms with Gasteiger partial charge in [-0.25, -0.2) is 4.58 Å². The van der Waals surface area contributed by atoms with Crippen molar-refractivity contribution in [2.24, 2.45) is 5.41 Å². The quantitative estimate of drug-likeness (QED) is 0.113. The number of nitrogens with zero attached hydrogens (tertiary/aromatic N) is 2. The summed E-state index contributed by atoms with van der Waals surface area (Å²) in [6.45, 7) is 24.7. The van der Waals surface area contributed by atoms with E-state index in [-0.39, 0.29) is 16.2 Å². The number of unbranched alkanes of at least 4 members (excludes halogenated alkanes) is 2. The molecule has 1 aromatic rings. The smallest absolute Gasteiger partial charge is 0.425 e. The first-order valence-corrected chi connectivity index (χ1v) is 18.8. The number of fused-ring (bicyclic) bond motifs is 2. The molecular formula is C42H57N2O5S+. The summed E-state index contributed by atoms with van der Waals surface area (Å²) in [6.07, 6.45) is 14.4. The third kappa shape index (κ3) is 10.5. The zero-order valence-corrected chi connectivity index (χ0v) is 32.6. The molecule has 1 aliphatic carbocycles. The number of Topliss-reactive ketones (excluding diaryl/α,β-unsaturated/α-hetero) is 1. The Balaban J connectivity index is 0.00000160. The summed E-state index contributed by atoms with van der Waals surface area (Å²) in [5.41, 5.74) is 6.07. The van der Waals surface area contributed by atoms with Gasteiger partial charge in [0.05, 0.1) is 6.07 Å². The van der Waals surface area contributed by atoms with Crippen LogP contribution in [0.5, 0.6) is 0 Å². The molecule has 0 fully saturated rings. The molecule has 0 aromatic heterocycles. The zero-order chi connectivity index (χ0) is 37.3. The summed E-state index contributed by atoms with van der Waals surface area (Å²) in [4.78, 5) is 14.9. The molecule has 270 valence electrons. The molecule has 3 aliphatic rings. The van der Waals surface area contributed by atoms with Crippen molar-refractivity contribution in [3.05, 3.63) is 101 Å². The van der Waals surface area contributed by atoms with Crippen molar-refractivity contribution in [2.45, 2.75) is 106 Å². The molecule has 7 nitrogen and oxygen atoms in total. The van der Waals surface area contributed by atoms with E-state index in [4.69, 9.17) is 17.0 Å². The standard InChI is InChI=1S/C42H57N2O2.O3S/c1-11-43(12-2)31-26-27-33-35(40(3,4)5)30-32(46-37(33)29-31)21-15-13-16-24-38-42(9,10)34-22-18-19-23-36(34)44(38)28-20-14-17-25-39(45)41(6,7)8;1-4(2)3/h13,15-16,18-19,21-24,26-27,29-30H,11-12,14,17,20,25,28H2,1-10H3;/q+1;. The summed E-state index contributed by atoms with van der Waals surface area (Å²) >= 11 is 0. The summed E-state index contributed by atoms with van der Waals surface area (Å²) < 4.78 is 34.1. The topological polar surface area (TPSA) is 87.7 Å². The Morgan fingerprint density at radius 1 is 0.880 bits per heavy atom. The van der Waals surface area contributed by atoms with Crippen LogP contribution in [0.2, 0.25) is 0 Å². The van der Waals surface area contributed by atoms with Gasteiger partial charge in [0.15, 0.2) is 0 Å². The lowest BCUT2D eigenvalue weighted by atomic mass is 9.83. The number of hydrogen-bond acceptors (Lipinski definition) is 6. The van der Waals surface area contributed by atoms with E-state index in [0.717, 1.165) is 50.4 Å². The molecule has 0 bridgehead atoms. The van der Waals surface area contributed by atoms with Gasteiger partial charge >= 0.3 is 10.6 Å². The third-order valence-electron chi connectivity index (χ3n) is 9.36. The molecule has 0 N–H and O–H groups in total. The van der Waals surface area contributed by atoms with Crippen LogP contribution in [0, 0.1) is 5.41 Å². The van der Waals surface area contributed by atoms with Crippen LogP contribution in [0.15, 0.2) is 82.9 Å². The lowest BCUT2D eigenvalue weighted by Crippen LogP contribution is -2.29. The molecule has 0 atom stereocenters. The summed E-state index contributed by atoms with van der Waals surface area (Å²) in [6, 6.07) is 17.6. The van der Waals surface area contributed by atoms with E-state index in [2.05, 4.69) is 137 Å². The minimum Gasteiger partial charge on any atom is -0.456 e. The molecule has 4 rings (SSSR count). The Labute approximate surface area is 301 Å². The number of allylic oxidation sites excluding steroid dienone is 5. The van der Waals surface area contributed by atoms with Crippen LogP contribution in [-0.2, 0) is 26.2 Å². The fraction of sp³-hybridized carbons (Fsp3) is 0.476. The van der Waals surface area contributed by atoms with Crippen LogP contribution in [-0.4, -0.2) is 38.0 Å². The second kappa shape index (κ2) is 17.3. The van der Waals surface area contributed by atoms with Crippen LogP contribution in [0.4, 0.5) is 5.69 Å². The second-order valence-electron chi connectivity index (χ2n) is 15.4. The van der Waals surface area contributed by atoms with Gasteiger partial charge in [-0.15, -0.1) is 12.6 Å². The molecule has 0 saturated heterocycles. The van der Waals surface area contributed by atoms with Crippen molar-refractivity contribution < 1.29 is 21.8 Å². The monoisotopic (exact) mass is 701 g/mol. The highest BCUT2D eigenvalue weighted by atomic mass is 32.2. The molecular weight excluding hydrogens is 645 g/mol. The number of rotatable bonds is 11. The first-order valence-electron chi connectivity index (χ1n) is 17.8. The van der Waals surface area contributed by atoms with Crippen molar-refractivity contribution in [2.75, 3.05) is 24.5 Å². The van der Waals surface area contributed by atoms with E-state index in [1.807, 2.05) is 20.8 Å². The zero-order valence-electron chi connectivity index (χ0n) is 31.8. The Morgan fingerprint density at radius 2 is 1.54 bits per heavy atom. The highest BCUT2D eigenvalue weighted by molar-refractivity contribution is 7.59. The van der Waals surface area contributed by atoms with E-state index in [9.17, 15) is 4.79 Å². The van der Waals surface area contributed by atoms with E-state index in [1.165, 1.54) is 33.4 Å². The normalized spacial score (nSPS) is 15.1. The minimum atomic E-state index is -3.11. The molecule has 2 aliphatic heterocycles. The van der Waals surface area contributed by atoms with Gasteiger partial charge < -0.3 is 9.32 Å². The predicted octanol–water partition coefficient (Wildman–Crippen LogP) is 8.92. The van der Waals surface area contributed by atoms with Crippen LogP contribution in [0.3, 0.4) is 0 Å². The third-order valence-corrected chi connectivity index (χ3v) is 9.36. The Hall–Kier alpha value is -4.04. The highest BCUT2D eigenvalue weighted by Crippen LogP contribution is 2.47. The van der Waals surface area contributed by atoms with Gasteiger partial charge in [0.25, 0.3) is 0 Å². The molecule has 0 saturated carbocycles. The van der Waals surface area contributed by atoms with E-state index in [1.54, 1.807) is 0 Å². The van der Waals surface area contributed by atoms with E-state index >= 15 is 0 Å². The van der Waals surface area contributed by atoms with E-state index in [0.29, 0.717) is 12.2 Å². The number of ketones is 1. The second-order valence-corrected chi connectivity index (χ2v) is 15.9. The Morgan fingerprint density at radius 3 is 2.16 bits per heavy atom. The first-order chi connectivity index (χ1) is 23.4. The van der Waals surface area contributed by atoms with Gasteiger partial charge in [-0.2, -0.15) is 0 Å². The van der Waals surface area contributed by atoms with Crippen molar-refractivity contribution in [3.8, 4) is 11.3 Å². The van der Waals surface area contributed by atoms with Gasteiger partial charge in [0.2, 0.25) is 5.36 Å². The fourth-order valence-corrected chi connectivity index (χ4v) is 6.53.